The van der Waals surface area contributed by atoms with Gasteiger partial charge >= 0.3 is 0 Å². The van der Waals surface area contributed by atoms with E-state index in [-0.39, 0.29) is 5.75 Å². The average molecular weight is 323 g/mol. The molecule has 1 aromatic carbocycles. The number of para-hydroxylation sites is 2. The molecular formula is C16H25N3O2S. The second-order valence-corrected chi connectivity index (χ2v) is 7.72. The van der Waals surface area contributed by atoms with E-state index in [1.807, 2.05) is 25.1 Å². The van der Waals surface area contributed by atoms with Crippen LogP contribution in [0.25, 0.3) is 11.0 Å². The van der Waals surface area contributed by atoms with Gasteiger partial charge in [0.1, 0.15) is 5.82 Å². The first kappa shape index (κ1) is 17.0. The van der Waals surface area contributed by atoms with Crippen LogP contribution in [0.2, 0.25) is 0 Å². The lowest BCUT2D eigenvalue weighted by Crippen LogP contribution is -2.29. The second-order valence-electron chi connectivity index (χ2n) is 5.80. The molecule has 22 heavy (non-hydrogen) atoms. The molecule has 1 aromatic heterocycles. The molecule has 122 valence electrons. The molecular weight excluding hydrogens is 298 g/mol. The van der Waals surface area contributed by atoms with Gasteiger partial charge in [-0.1, -0.05) is 25.5 Å². The normalized spacial score (nSPS) is 12.4. The van der Waals surface area contributed by atoms with Crippen molar-refractivity contribution in [3.05, 3.63) is 30.1 Å². The van der Waals surface area contributed by atoms with E-state index in [1.165, 1.54) is 0 Å². The van der Waals surface area contributed by atoms with Crippen molar-refractivity contribution in [1.29, 1.82) is 0 Å². The van der Waals surface area contributed by atoms with Crippen LogP contribution in [0.3, 0.4) is 0 Å². The lowest BCUT2D eigenvalue weighted by molar-refractivity contribution is 0.566. The van der Waals surface area contributed by atoms with E-state index >= 15 is 0 Å². The van der Waals surface area contributed by atoms with Crippen molar-refractivity contribution in [2.24, 2.45) is 0 Å². The van der Waals surface area contributed by atoms with Gasteiger partial charge in [0.15, 0.2) is 0 Å². The zero-order valence-electron chi connectivity index (χ0n) is 13.5. The summed E-state index contributed by atoms with van der Waals surface area (Å²) in [4.78, 5) is 4.64. The molecule has 0 amide bonds. The highest BCUT2D eigenvalue weighted by Gasteiger charge is 2.14. The quantitative estimate of drug-likeness (QED) is 0.812. The Morgan fingerprint density at radius 1 is 1.27 bits per heavy atom. The van der Waals surface area contributed by atoms with Crippen LogP contribution in [0, 0.1) is 0 Å². The fraction of sp³-hybridized carbons (Fsp3) is 0.562. The van der Waals surface area contributed by atoms with Crippen LogP contribution in [0.15, 0.2) is 24.3 Å². The summed E-state index contributed by atoms with van der Waals surface area (Å²) in [6.07, 6.45) is 2.17. The Labute approximate surface area is 132 Å². The molecule has 0 fully saturated rings. The van der Waals surface area contributed by atoms with Crippen molar-refractivity contribution in [2.75, 3.05) is 12.3 Å². The molecule has 1 N–H and O–H groups in total. The number of hydrogen-bond donors (Lipinski definition) is 1. The predicted molar refractivity (Wildman–Crippen MR) is 90.5 cm³/mol. The van der Waals surface area contributed by atoms with Gasteiger partial charge in [-0.3, -0.25) is 0 Å². The van der Waals surface area contributed by atoms with Crippen LogP contribution >= 0.6 is 0 Å². The number of sulfonamides is 1. The number of fused-ring (bicyclic) bond motifs is 1. The summed E-state index contributed by atoms with van der Waals surface area (Å²) in [7, 11) is -3.16. The smallest absolute Gasteiger partial charge is 0.211 e. The minimum Gasteiger partial charge on any atom is -0.325 e. The molecule has 2 rings (SSSR count). The van der Waals surface area contributed by atoms with Crippen molar-refractivity contribution in [2.45, 2.75) is 46.1 Å². The molecule has 0 aliphatic heterocycles. The third-order valence-corrected chi connectivity index (χ3v) is 5.09. The Kier molecular flexibility index (Phi) is 5.58. The zero-order chi connectivity index (χ0) is 16.2. The van der Waals surface area contributed by atoms with Crippen molar-refractivity contribution in [3.8, 4) is 0 Å². The number of aromatic nitrogens is 2. The van der Waals surface area contributed by atoms with E-state index in [9.17, 15) is 8.42 Å². The first-order chi connectivity index (χ1) is 10.4. The van der Waals surface area contributed by atoms with E-state index in [2.05, 4.69) is 34.2 Å². The van der Waals surface area contributed by atoms with Gasteiger partial charge in [0.05, 0.1) is 16.8 Å². The van der Waals surface area contributed by atoms with Gasteiger partial charge in [-0.2, -0.15) is 0 Å². The van der Waals surface area contributed by atoms with Gasteiger partial charge in [0.25, 0.3) is 0 Å². The lowest BCUT2D eigenvalue weighted by atomic mass is 10.3. The molecule has 0 aliphatic carbocycles. The Morgan fingerprint density at radius 3 is 2.68 bits per heavy atom. The summed E-state index contributed by atoms with van der Waals surface area (Å²) in [5.41, 5.74) is 2.06. The maximum Gasteiger partial charge on any atom is 0.211 e. The molecule has 0 spiro atoms. The molecule has 6 heteroatoms. The van der Waals surface area contributed by atoms with Crippen molar-refractivity contribution in [3.63, 3.8) is 0 Å². The average Bonchev–Trinajstić information content (AvgIpc) is 2.83. The highest BCUT2D eigenvalue weighted by molar-refractivity contribution is 7.89. The van der Waals surface area contributed by atoms with Gasteiger partial charge < -0.3 is 4.57 Å². The SMILES string of the molecule is CCCCS(=O)(=O)NCCc1nc2ccccc2n1C(C)C. The summed E-state index contributed by atoms with van der Waals surface area (Å²) in [6.45, 7) is 6.61. The molecule has 5 nitrogen and oxygen atoms in total. The van der Waals surface area contributed by atoms with Crippen LogP contribution in [0.1, 0.15) is 45.5 Å². The number of rotatable bonds is 8. The topological polar surface area (TPSA) is 64.0 Å². The largest absolute Gasteiger partial charge is 0.325 e. The molecule has 1 heterocycles. The molecule has 0 radical (unpaired) electrons. The minimum absolute atomic E-state index is 0.199. The predicted octanol–water partition coefficient (Wildman–Crippen LogP) is 2.88. The van der Waals surface area contributed by atoms with Crippen molar-refractivity contribution < 1.29 is 8.42 Å². The Balaban J connectivity index is 2.10. The van der Waals surface area contributed by atoms with Gasteiger partial charge in [-0.15, -0.1) is 0 Å². The van der Waals surface area contributed by atoms with Gasteiger partial charge in [0, 0.05) is 19.0 Å². The Hall–Kier alpha value is -1.40. The van der Waals surface area contributed by atoms with E-state index in [0.29, 0.717) is 25.4 Å². The van der Waals surface area contributed by atoms with Gasteiger partial charge in [-0.25, -0.2) is 18.1 Å². The number of imidazole rings is 1. The number of nitrogens with one attached hydrogen (secondary N) is 1. The maximum absolute atomic E-state index is 11.8. The summed E-state index contributed by atoms with van der Waals surface area (Å²) in [5.74, 6) is 1.12. The van der Waals surface area contributed by atoms with E-state index in [1.54, 1.807) is 0 Å². The number of nitrogens with zero attached hydrogens (tertiary/aromatic N) is 2. The van der Waals surface area contributed by atoms with Crippen molar-refractivity contribution >= 4 is 21.1 Å². The fourth-order valence-electron chi connectivity index (χ4n) is 2.57. The van der Waals surface area contributed by atoms with E-state index in [4.69, 9.17) is 0 Å². The Bertz CT molecular complexity index is 720. The Morgan fingerprint density at radius 2 is 2.00 bits per heavy atom. The molecule has 2 aromatic rings. The van der Waals surface area contributed by atoms with Crippen LogP contribution in [0.4, 0.5) is 0 Å². The number of hydrogen-bond acceptors (Lipinski definition) is 3. The highest BCUT2D eigenvalue weighted by Crippen LogP contribution is 2.21. The number of benzene rings is 1. The lowest BCUT2D eigenvalue weighted by Gasteiger charge is -2.13. The fourth-order valence-corrected chi connectivity index (χ4v) is 3.80. The number of unbranched alkanes of at least 4 members (excludes halogenated alkanes) is 1. The third kappa shape index (κ3) is 4.08. The first-order valence-corrected chi connectivity index (χ1v) is 9.53. The third-order valence-electron chi connectivity index (χ3n) is 3.62. The van der Waals surface area contributed by atoms with E-state index < -0.39 is 10.0 Å². The summed E-state index contributed by atoms with van der Waals surface area (Å²) in [5, 5.41) is 0. The standard InChI is InChI=1S/C16H25N3O2S/c1-4-5-12-22(20,21)17-11-10-16-18-14-8-6-7-9-15(14)19(16)13(2)3/h6-9,13,17H,4-5,10-12H2,1-3H3. The molecule has 0 bridgehead atoms. The van der Waals surface area contributed by atoms with Crippen LogP contribution in [0.5, 0.6) is 0 Å². The van der Waals surface area contributed by atoms with E-state index in [0.717, 1.165) is 23.3 Å². The maximum atomic E-state index is 11.8. The molecule has 0 unspecified atom stereocenters. The van der Waals surface area contributed by atoms with Crippen LogP contribution < -0.4 is 4.72 Å². The minimum atomic E-state index is -3.16. The zero-order valence-corrected chi connectivity index (χ0v) is 14.4. The summed E-state index contributed by atoms with van der Waals surface area (Å²) < 4.78 is 28.5. The van der Waals surface area contributed by atoms with Gasteiger partial charge in [0.2, 0.25) is 10.0 Å². The van der Waals surface area contributed by atoms with Gasteiger partial charge in [-0.05, 0) is 32.4 Å². The molecule has 0 saturated heterocycles. The summed E-state index contributed by atoms with van der Waals surface area (Å²) in [6, 6.07) is 8.30. The molecule has 0 aliphatic rings. The summed E-state index contributed by atoms with van der Waals surface area (Å²) >= 11 is 0. The second kappa shape index (κ2) is 7.24. The molecule has 0 saturated carbocycles. The monoisotopic (exact) mass is 323 g/mol. The highest BCUT2D eigenvalue weighted by atomic mass is 32.2. The van der Waals surface area contributed by atoms with Crippen molar-refractivity contribution in [1.82, 2.24) is 14.3 Å². The van der Waals surface area contributed by atoms with Crippen LogP contribution in [-0.2, 0) is 16.4 Å². The van der Waals surface area contributed by atoms with Crippen LogP contribution in [-0.4, -0.2) is 30.3 Å². The molecule has 0 atom stereocenters. The first-order valence-electron chi connectivity index (χ1n) is 7.88.